The Bertz CT molecular complexity index is 2310. The number of ether oxygens (including phenoxy) is 2. The number of anilines is 4. The molecular weight excluding hydrogens is 716 g/mol. The van der Waals surface area contributed by atoms with Gasteiger partial charge >= 0.3 is 6.03 Å². The van der Waals surface area contributed by atoms with Gasteiger partial charge in [0.25, 0.3) is 0 Å². The topological polar surface area (TPSA) is 130 Å². The molecule has 0 bridgehead atoms. The molecule has 1 unspecified atom stereocenters. The molecule has 6 aromatic rings. The standard InChI is InChI=1S/C41H43FN9O3P/c1-27-9-11-32(12-10-27)51-37(26-39(49-51)55(4)42)47-41(52)46-35-13-14-36(34-8-6-5-7-33(34)35)54-38-15-16-44-40(48-38)45-31-24-28(2)23-30(25-31)29(3)43-17-18-50-19-21-53-22-20-50/h5-16,23-26,43H,3,17-22H2,1-2,4H3,(H,44,45,48)(H2,46,47,52). The largest absolute Gasteiger partial charge is 0.438 e. The van der Waals surface area contributed by atoms with Crippen LogP contribution < -0.4 is 31.4 Å². The number of fused-ring (bicyclic) bond motifs is 1. The van der Waals surface area contributed by atoms with Crippen molar-refractivity contribution >= 4 is 59.3 Å². The smallest absolute Gasteiger partial charge is 0.324 e. The van der Waals surface area contributed by atoms with Crippen LogP contribution in [0.2, 0.25) is 0 Å². The lowest BCUT2D eigenvalue weighted by molar-refractivity contribution is 0.0388. The van der Waals surface area contributed by atoms with Gasteiger partial charge in [0.2, 0.25) is 11.8 Å². The summed E-state index contributed by atoms with van der Waals surface area (Å²) in [5, 5.41) is 18.5. The Balaban J connectivity index is 1.03. The Morgan fingerprint density at radius 2 is 1.73 bits per heavy atom. The predicted molar refractivity (Wildman–Crippen MR) is 219 cm³/mol. The van der Waals surface area contributed by atoms with Crippen LogP contribution in [0, 0.1) is 13.8 Å². The summed E-state index contributed by atoms with van der Waals surface area (Å²) in [5.41, 5.74) is 6.32. The Morgan fingerprint density at radius 1 is 0.945 bits per heavy atom. The summed E-state index contributed by atoms with van der Waals surface area (Å²) >= 11 is 0. The summed E-state index contributed by atoms with van der Waals surface area (Å²) in [6.45, 7) is 14.9. The monoisotopic (exact) mass is 759 g/mol. The minimum atomic E-state index is -1.97. The number of halogens is 1. The summed E-state index contributed by atoms with van der Waals surface area (Å²) < 4.78 is 27.6. The van der Waals surface area contributed by atoms with Crippen LogP contribution >= 0.6 is 8.23 Å². The van der Waals surface area contributed by atoms with E-state index in [1.54, 1.807) is 30.5 Å². The second kappa shape index (κ2) is 17.1. The first-order valence-corrected chi connectivity index (χ1v) is 19.7. The van der Waals surface area contributed by atoms with Crippen LogP contribution in [0.15, 0.2) is 104 Å². The van der Waals surface area contributed by atoms with E-state index in [0.29, 0.717) is 34.8 Å². The number of amides is 2. The van der Waals surface area contributed by atoms with E-state index in [1.807, 2.05) is 74.5 Å². The van der Waals surface area contributed by atoms with Crippen molar-refractivity contribution in [1.82, 2.24) is 30.0 Å². The molecule has 1 aliphatic rings. The zero-order chi connectivity index (χ0) is 38.3. The van der Waals surface area contributed by atoms with E-state index < -0.39 is 14.3 Å². The van der Waals surface area contributed by atoms with Crippen LogP contribution in [-0.2, 0) is 4.74 Å². The first kappa shape index (κ1) is 37.4. The molecule has 4 N–H and O–H groups in total. The predicted octanol–water partition coefficient (Wildman–Crippen LogP) is 8.13. The molecule has 1 atom stereocenters. The summed E-state index contributed by atoms with van der Waals surface area (Å²) in [5.74, 6) is 1.61. The molecule has 0 aliphatic carbocycles. The lowest BCUT2D eigenvalue weighted by atomic mass is 10.1. The highest BCUT2D eigenvalue weighted by atomic mass is 31.2. The third-order valence-electron chi connectivity index (χ3n) is 9.06. The van der Waals surface area contributed by atoms with Crippen molar-refractivity contribution in [2.24, 2.45) is 0 Å². The SMILES string of the molecule is C=C(NCCN1CCOCC1)c1cc(C)cc(Nc2nccc(Oc3ccc(NC(=O)Nc4cc(P(C)F)nn4-c4ccc(C)cc4)c4ccccc34)n2)c1. The molecule has 0 spiro atoms. The fraction of sp³-hybridized carbons (Fsp3) is 0.220. The number of rotatable bonds is 13. The number of nitrogens with zero attached hydrogens (tertiary/aromatic N) is 5. The van der Waals surface area contributed by atoms with Gasteiger partial charge in [0.1, 0.15) is 25.2 Å². The Kier molecular flexibility index (Phi) is 11.6. The van der Waals surface area contributed by atoms with Crippen molar-refractivity contribution in [3.8, 4) is 17.3 Å². The highest BCUT2D eigenvalue weighted by molar-refractivity contribution is 7.59. The molecular formula is C41H43FN9O3P. The van der Waals surface area contributed by atoms with Crippen molar-refractivity contribution in [2.75, 3.05) is 62.0 Å². The van der Waals surface area contributed by atoms with Gasteiger partial charge in [-0.05, 0) is 74.1 Å². The number of nitrogens with one attached hydrogen (secondary N) is 4. The number of urea groups is 1. The molecule has 282 valence electrons. The van der Waals surface area contributed by atoms with Crippen molar-refractivity contribution in [3.63, 3.8) is 0 Å². The molecule has 7 rings (SSSR count). The van der Waals surface area contributed by atoms with Crippen LogP contribution in [-0.4, -0.2) is 76.7 Å². The first-order chi connectivity index (χ1) is 26.7. The Labute approximate surface area is 320 Å². The summed E-state index contributed by atoms with van der Waals surface area (Å²) in [6, 6.07) is 27.6. The quantitative estimate of drug-likeness (QED) is 0.0863. The summed E-state index contributed by atoms with van der Waals surface area (Å²) in [6.07, 6.45) is 1.63. The van der Waals surface area contributed by atoms with E-state index in [1.165, 1.54) is 11.3 Å². The maximum absolute atomic E-state index is 14.3. The molecule has 3 heterocycles. The maximum atomic E-state index is 14.3. The van der Waals surface area contributed by atoms with Crippen molar-refractivity contribution in [3.05, 3.63) is 120 Å². The van der Waals surface area contributed by atoms with E-state index in [2.05, 4.69) is 53.9 Å². The molecule has 4 aromatic carbocycles. The average molecular weight is 760 g/mol. The van der Waals surface area contributed by atoms with Crippen LogP contribution in [0.5, 0.6) is 11.6 Å². The second-order valence-corrected chi connectivity index (χ2v) is 14.7. The van der Waals surface area contributed by atoms with Gasteiger partial charge in [-0.1, -0.05) is 48.5 Å². The molecule has 0 saturated carbocycles. The van der Waals surface area contributed by atoms with Crippen LogP contribution in [0.25, 0.3) is 22.2 Å². The average Bonchev–Trinajstić information content (AvgIpc) is 3.60. The van der Waals surface area contributed by atoms with Gasteiger partial charge in [-0.3, -0.25) is 10.2 Å². The zero-order valence-electron chi connectivity index (χ0n) is 31.0. The fourth-order valence-corrected chi connectivity index (χ4v) is 6.77. The molecule has 12 nitrogen and oxygen atoms in total. The van der Waals surface area contributed by atoms with Crippen molar-refractivity contribution in [2.45, 2.75) is 13.8 Å². The second-order valence-electron chi connectivity index (χ2n) is 13.2. The van der Waals surface area contributed by atoms with Gasteiger partial charge in [-0.25, -0.2) is 18.7 Å². The molecule has 2 amide bonds. The van der Waals surface area contributed by atoms with E-state index in [-0.39, 0.29) is 5.44 Å². The number of carbonyl (C=O) groups excluding carboxylic acids is 1. The lowest BCUT2D eigenvalue weighted by Gasteiger charge is -2.26. The third-order valence-corrected chi connectivity index (χ3v) is 9.91. The van der Waals surface area contributed by atoms with Gasteiger partial charge in [-0.15, -0.1) is 0 Å². The highest BCUT2D eigenvalue weighted by Gasteiger charge is 2.18. The number of morpholine rings is 1. The number of carbonyl (C=O) groups is 1. The number of aryl methyl sites for hydroxylation is 2. The van der Waals surface area contributed by atoms with Crippen LogP contribution in [0.1, 0.15) is 16.7 Å². The van der Waals surface area contributed by atoms with E-state index in [4.69, 9.17) is 9.47 Å². The molecule has 14 heteroatoms. The van der Waals surface area contributed by atoms with Gasteiger partial charge in [0.05, 0.1) is 24.6 Å². The number of hydrogen-bond acceptors (Lipinski definition) is 9. The summed E-state index contributed by atoms with van der Waals surface area (Å²) in [7, 11) is -1.97. The maximum Gasteiger partial charge on any atom is 0.324 e. The first-order valence-electron chi connectivity index (χ1n) is 18.0. The fourth-order valence-electron chi connectivity index (χ4n) is 6.25. The Hall–Kier alpha value is -5.88. The van der Waals surface area contributed by atoms with Gasteiger partial charge in [0.15, 0.2) is 0 Å². The van der Waals surface area contributed by atoms with Gasteiger partial charge in [-0.2, -0.15) is 10.1 Å². The number of aromatic nitrogens is 4. The minimum absolute atomic E-state index is 0.276. The molecule has 2 aromatic heterocycles. The van der Waals surface area contributed by atoms with Crippen molar-refractivity contribution < 1.29 is 18.5 Å². The molecule has 55 heavy (non-hydrogen) atoms. The number of hydrogen-bond donors (Lipinski definition) is 4. The van der Waals surface area contributed by atoms with Crippen LogP contribution in [0.4, 0.5) is 32.1 Å². The Morgan fingerprint density at radius 3 is 2.51 bits per heavy atom. The van der Waals surface area contributed by atoms with Gasteiger partial charge < -0.3 is 25.4 Å². The third kappa shape index (κ3) is 9.44. The summed E-state index contributed by atoms with van der Waals surface area (Å²) in [4.78, 5) is 24.8. The molecule has 0 radical (unpaired) electrons. The van der Waals surface area contributed by atoms with Crippen molar-refractivity contribution in [1.29, 1.82) is 0 Å². The van der Waals surface area contributed by atoms with Crippen LogP contribution in [0.3, 0.4) is 0 Å². The molecule has 1 fully saturated rings. The lowest BCUT2D eigenvalue weighted by Crippen LogP contribution is -2.40. The van der Waals surface area contributed by atoms with E-state index in [0.717, 1.165) is 78.2 Å². The normalized spacial score (nSPS) is 13.6. The van der Waals surface area contributed by atoms with E-state index >= 15 is 0 Å². The van der Waals surface area contributed by atoms with E-state index in [9.17, 15) is 8.99 Å². The zero-order valence-corrected chi connectivity index (χ0v) is 31.9. The number of benzene rings is 4. The molecule has 1 aliphatic heterocycles. The highest BCUT2D eigenvalue weighted by Crippen LogP contribution is 2.35. The minimum Gasteiger partial charge on any atom is -0.438 e. The molecule has 1 saturated heterocycles. The van der Waals surface area contributed by atoms with Gasteiger partial charge in [0, 0.05) is 66.7 Å².